The van der Waals surface area contributed by atoms with Crippen LogP contribution in [0.3, 0.4) is 0 Å². The first-order valence-electron chi connectivity index (χ1n) is 6.13. The van der Waals surface area contributed by atoms with Gasteiger partial charge in [-0.3, -0.25) is 0 Å². The molecule has 19 heavy (non-hydrogen) atoms. The lowest BCUT2D eigenvalue weighted by Gasteiger charge is -2.16. The van der Waals surface area contributed by atoms with Crippen LogP contribution in [0.4, 0.5) is 0 Å². The number of nitrogens with zero attached hydrogens (tertiary/aromatic N) is 1. The van der Waals surface area contributed by atoms with E-state index in [1.807, 2.05) is 6.92 Å². The summed E-state index contributed by atoms with van der Waals surface area (Å²) in [5.41, 5.74) is 0. The largest absolute Gasteiger partial charge is 0.384 e. The molecule has 0 bridgehead atoms. The minimum Gasteiger partial charge on any atom is -0.384 e. The number of alkyl halides is 1. The third-order valence-corrected chi connectivity index (χ3v) is 6.94. The van der Waals surface area contributed by atoms with Gasteiger partial charge in [0.1, 0.15) is 0 Å². The minimum atomic E-state index is -3.38. The van der Waals surface area contributed by atoms with Crippen molar-refractivity contribution in [2.45, 2.75) is 24.1 Å². The number of ether oxygens (including phenoxy) is 1. The molecule has 0 aromatic carbocycles. The summed E-state index contributed by atoms with van der Waals surface area (Å²) >= 11 is 7.22. The highest BCUT2D eigenvalue weighted by Crippen LogP contribution is 2.31. The van der Waals surface area contributed by atoms with Gasteiger partial charge in [-0.05, 0) is 25.3 Å². The molecule has 0 N–H and O–H groups in total. The summed E-state index contributed by atoms with van der Waals surface area (Å²) < 4.78 is 31.8. The molecule has 4 nitrogen and oxygen atoms in total. The fraction of sp³-hybridized carbons (Fsp3) is 0.667. The lowest BCUT2D eigenvalue weighted by atomic mass is 10.1. The van der Waals surface area contributed by atoms with E-state index in [1.165, 1.54) is 11.3 Å². The van der Waals surface area contributed by atoms with Crippen molar-refractivity contribution < 1.29 is 13.2 Å². The summed E-state index contributed by atoms with van der Waals surface area (Å²) in [4.78, 5) is 2.11. The zero-order valence-corrected chi connectivity index (χ0v) is 13.4. The second kappa shape index (κ2) is 6.10. The van der Waals surface area contributed by atoms with Crippen LogP contribution >= 0.6 is 22.9 Å². The molecule has 0 spiro atoms. The molecule has 2 heterocycles. The maximum absolute atomic E-state index is 12.6. The number of thiophene rings is 1. The molecule has 108 valence electrons. The Morgan fingerprint density at radius 1 is 1.58 bits per heavy atom. The Morgan fingerprint density at radius 3 is 2.89 bits per heavy atom. The van der Waals surface area contributed by atoms with Gasteiger partial charge < -0.3 is 4.74 Å². The van der Waals surface area contributed by atoms with Gasteiger partial charge in [0.25, 0.3) is 0 Å². The summed E-state index contributed by atoms with van der Waals surface area (Å²) in [7, 11) is -1.73. The number of hydrogen-bond acceptors (Lipinski definition) is 4. The Bertz CT molecular complexity index is 541. The second-order valence-electron chi connectivity index (χ2n) is 4.74. The molecule has 1 atom stereocenters. The lowest BCUT2D eigenvalue weighted by molar-refractivity contribution is 0.157. The maximum atomic E-state index is 12.6. The topological polar surface area (TPSA) is 46.6 Å². The highest BCUT2D eigenvalue weighted by molar-refractivity contribution is 7.89. The van der Waals surface area contributed by atoms with Crippen LogP contribution in [0.25, 0.3) is 0 Å². The molecule has 0 saturated carbocycles. The van der Waals surface area contributed by atoms with Crippen LogP contribution in [-0.2, 0) is 20.6 Å². The van der Waals surface area contributed by atoms with E-state index in [4.69, 9.17) is 16.3 Å². The predicted octanol–water partition coefficient (Wildman–Crippen LogP) is 2.45. The van der Waals surface area contributed by atoms with Gasteiger partial charge in [-0.1, -0.05) is 0 Å². The van der Waals surface area contributed by atoms with Crippen molar-refractivity contribution in [2.24, 2.45) is 5.92 Å². The Morgan fingerprint density at radius 2 is 2.32 bits per heavy atom. The molecule has 1 aliphatic rings. The average molecular weight is 324 g/mol. The van der Waals surface area contributed by atoms with Gasteiger partial charge in [0.15, 0.2) is 0 Å². The Hall–Kier alpha value is -0.140. The zero-order chi connectivity index (χ0) is 14.0. The monoisotopic (exact) mass is 323 g/mol. The van der Waals surface area contributed by atoms with Crippen molar-refractivity contribution in [1.82, 2.24) is 4.31 Å². The van der Waals surface area contributed by atoms with E-state index in [0.29, 0.717) is 36.4 Å². The third kappa shape index (κ3) is 3.13. The fourth-order valence-electron chi connectivity index (χ4n) is 2.37. The van der Waals surface area contributed by atoms with Crippen LogP contribution in [-0.4, -0.2) is 39.5 Å². The van der Waals surface area contributed by atoms with E-state index in [9.17, 15) is 8.42 Å². The highest BCUT2D eigenvalue weighted by atomic mass is 35.5. The molecule has 1 aromatic rings. The van der Waals surface area contributed by atoms with E-state index < -0.39 is 10.0 Å². The molecule has 2 rings (SSSR count). The number of hydrogen-bond donors (Lipinski definition) is 0. The zero-order valence-electron chi connectivity index (χ0n) is 11.1. The van der Waals surface area contributed by atoms with Gasteiger partial charge in [0, 0.05) is 30.0 Å². The van der Waals surface area contributed by atoms with E-state index in [0.717, 1.165) is 16.2 Å². The maximum Gasteiger partial charge on any atom is 0.244 e. The summed E-state index contributed by atoms with van der Waals surface area (Å²) in [5, 5.41) is 0. The molecular weight excluding hydrogens is 306 g/mol. The minimum absolute atomic E-state index is 0.297. The van der Waals surface area contributed by atoms with Gasteiger partial charge in [-0.25, -0.2) is 8.42 Å². The first-order chi connectivity index (χ1) is 8.98. The molecule has 1 fully saturated rings. The smallest absolute Gasteiger partial charge is 0.244 e. The first-order valence-corrected chi connectivity index (χ1v) is 8.92. The number of rotatable bonds is 5. The molecule has 1 unspecified atom stereocenters. The van der Waals surface area contributed by atoms with E-state index in [1.54, 1.807) is 17.5 Å². The van der Waals surface area contributed by atoms with Crippen LogP contribution in [0.15, 0.2) is 11.0 Å². The Balaban J connectivity index is 2.21. The van der Waals surface area contributed by atoms with Gasteiger partial charge >= 0.3 is 0 Å². The van der Waals surface area contributed by atoms with Crippen molar-refractivity contribution in [1.29, 1.82) is 0 Å². The standard InChI is InChI=1S/C12H18ClNO3S2/c1-9-12(5-11(6-13)18-9)19(15,16)14-4-3-10(7-14)8-17-2/h5,10H,3-4,6-8H2,1-2H3. The van der Waals surface area contributed by atoms with Crippen molar-refractivity contribution in [3.05, 3.63) is 15.8 Å². The van der Waals surface area contributed by atoms with Crippen LogP contribution in [0.1, 0.15) is 16.2 Å². The van der Waals surface area contributed by atoms with Gasteiger partial charge in [0.2, 0.25) is 10.0 Å². The van der Waals surface area contributed by atoms with Crippen molar-refractivity contribution in [3.8, 4) is 0 Å². The van der Waals surface area contributed by atoms with Gasteiger partial charge in [-0.15, -0.1) is 22.9 Å². The van der Waals surface area contributed by atoms with Crippen LogP contribution in [0.2, 0.25) is 0 Å². The molecule has 0 aliphatic carbocycles. The van der Waals surface area contributed by atoms with Crippen molar-refractivity contribution in [2.75, 3.05) is 26.8 Å². The number of sulfonamides is 1. The predicted molar refractivity (Wildman–Crippen MR) is 77.4 cm³/mol. The molecule has 1 aromatic heterocycles. The summed E-state index contributed by atoms with van der Waals surface area (Å²) in [6.07, 6.45) is 0.860. The van der Waals surface area contributed by atoms with Crippen LogP contribution in [0.5, 0.6) is 0 Å². The second-order valence-corrected chi connectivity index (χ2v) is 8.25. The molecule has 1 aliphatic heterocycles. The summed E-state index contributed by atoms with van der Waals surface area (Å²) in [6, 6.07) is 1.70. The van der Waals surface area contributed by atoms with E-state index in [2.05, 4.69) is 0 Å². The van der Waals surface area contributed by atoms with E-state index in [-0.39, 0.29) is 0 Å². The molecular formula is C12H18ClNO3S2. The Labute approximate surface area is 123 Å². The number of methoxy groups -OCH3 is 1. The highest BCUT2D eigenvalue weighted by Gasteiger charge is 2.34. The lowest BCUT2D eigenvalue weighted by Crippen LogP contribution is -2.29. The van der Waals surface area contributed by atoms with Crippen molar-refractivity contribution >= 4 is 33.0 Å². The molecule has 7 heteroatoms. The van der Waals surface area contributed by atoms with Crippen LogP contribution in [0, 0.1) is 12.8 Å². The number of aryl methyl sites for hydroxylation is 1. The van der Waals surface area contributed by atoms with Crippen LogP contribution < -0.4 is 0 Å². The fourth-order valence-corrected chi connectivity index (χ4v) is 5.60. The first kappa shape index (κ1) is 15.3. The van der Waals surface area contributed by atoms with Gasteiger partial charge in [0.05, 0.1) is 17.4 Å². The quantitative estimate of drug-likeness (QED) is 0.782. The Kier molecular flexibility index (Phi) is 4.89. The molecule has 0 radical (unpaired) electrons. The number of halogens is 1. The summed E-state index contributed by atoms with van der Waals surface area (Å²) in [6.45, 7) is 3.56. The van der Waals surface area contributed by atoms with Gasteiger partial charge in [-0.2, -0.15) is 4.31 Å². The average Bonchev–Trinajstić information content (AvgIpc) is 2.96. The van der Waals surface area contributed by atoms with E-state index >= 15 is 0 Å². The molecule has 0 amide bonds. The third-order valence-electron chi connectivity index (χ3n) is 3.32. The SMILES string of the molecule is COCC1CCN(S(=O)(=O)c2cc(CCl)sc2C)C1. The summed E-state index contributed by atoms with van der Waals surface area (Å²) in [5.74, 6) is 0.652. The normalized spacial score (nSPS) is 21.1. The molecule has 1 saturated heterocycles. The van der Waals surface area contributed by atoms with Crippen molar-refractivity contribution in [3.63, 3.8) is 0 Å².